The van der Waals surface area contributed by atoms with Gasteiger partial charge >= 0.3 is 0 Å². The van der Waals surface area contributed by atoms with Crippen molar-refractivity contribution in [1.29, 1.82) is 0 Å². The van der Waals surface area contributed by atoms with Crippen LogP contribution in [0.1, 0.15) is 10.6 Å². The Labute approximate surface area is 161 Å². The Bertz CT molecular complexity index is 967. The molecule has 0 aliphatic carbocycles. The van der Waals surface area contributed by atoms with Gasteiger partial charge in [0.25, 0.3) is 11.7 Å². The van der Waals surface area contributed by atoms with Crippen LogP contribution in [0.2, 0.25) is 0 Å². The molecule has 1 aromatic heterocycles. The number of aromatic nitrogens is 4. The lowest BCUT2D eigenvalue weighted by atomic mass is 10.2. The molecule has 1 fully saturated rings. The summed E-state index contributed by atoms with van der Waals surface area (Å²) < 4.78 is 19.1. The minimum atomic E-state index is -0.284. The summed E-state index contributed by atoms with van der Waals surface area (Å²) in [5, 5.41) is 12.0. The number of ether oxygens (including phenoxy) is 1. The monoisotopic (exact) mass is 382 g/mol. The molecule has 144 valence electrons. The van der Waals surface area contributed by atoms with Crippen molar-refractivity contribution in [3.05, 3.63) is 60.2 Å². The summed E-state index contributed by atoms with van der Waals surface area (Å²) in [6, 6.07) is 13.8. The number of carbonyl (C=O) groups excluding carboxylic acids is 1. The molecule has 0 bridgehead atoms. The average molecular weight is 382 g/mol. The maximum Gasteiger partial charge on any atom is 0.295 e. The number of halogens is 1. The van der Waals surface area contributed by atoms with Crippen LogP contribution in [0.25, 0.3) is 5.69 Å². The number of carbonyl (C=O) groups is 1. The lowest BCUT2D eigenvalue weighted by molar-refractivity contribution is 0.0734. The second kappa shape index (κ2) is 7.63. The fraction of sp³-hybridized carbons (Fsp3) is 0.263. The van der Waals surface area contributed by atoms with Gasteiger partial charge in [-0.15, -0.1) is 15.0 Å². The molecule has 4 rings (SSSR count). The van der Waals surface area contributed by atoms with Gasteiger partial charge in [0.1, 0.15) is 11.6 Å². The highest BCUT2D eigenvalue weighted by Gasteiger charge is 2.26. The minimum Gasteiger partial charge on any atom is -0.497 e. The van der Waals surface area contributed by atoms with Crippen LogP contribution in [0, 0.1) is 5.82 Å². The molecule has 1 aliphatic rings. The fourth-order valence-electron chi connectivity index (χ4n) is 3.12. The molecule has 0 atom stereocenters. The minimum absolute atomic E-state index is 0.0372. The summed E-state index contributed by atoms with van der Waals surface area (Å²) in [4.78, 5) is 17.6. The number of methoxy groups -OCH3 is 1. The van der Waals surface area contributed by atoms with Crippen LogP contribution in [0.15, 0.2) is 48.5 Å². The van der Waals surface area contributed by atoms with Crippen LogP contribution in [-0.4, -0.2) is 64.3 Å². The van der Waals surface area contributed by atoms with Gasteiger partial charge in [0.05, 0.1) is 18.5 Å². The second-order valence-electron chi connectivity index (χ2n) is 6.33. The Morgan fingerprint density at radius 1 is 1.04 bits per heavy atom. The number of benzene rings is 2. The third-order valence-electron chi connectivity index (χ3n) is 4.67. The molecule has 0 radical (unpaired) electrons. The number of hydrogen-bond acceptors (Lipinski definition) is 6. The van der Waals surface area contributed by atoms with Crippen molar-refractivity contribution in [3.8, 4) is 11.4 Å². The van der Waals surface area contributed by atoms with Crippen LogP contribution >= 0.6 is 0 Å². The second-order valence-corrected chi connectivity index (χ2v) is 6.33. The molecule has 8 nitrogen and oxygen atoms in total. The molecule has 2 heterocycles. The summed E-state index contributed by atoms with van der Waals surface area (Å²) in [7, 11) is 1.59. The molecule has 0 unspecified atom stereocenters. The maximum atomic E-state index is 13.9. The van der Waals surface area contributed by atoms with E-state index in [0.29, 0.717) is 43.3 Å². The first-order chi connectivity index (χ1) is 13.7. The summed E-state index contributed by atoms with van der Waals surface area (Å²) in [5.74, 6) is 0.211. The third-order valence-corrected chi connectivity index (χ3v) is 4.67. The van der Waals surface area contributed by atoms with Gasteiger partial charge in [-0.2, -0.15) is 0 Å². The van der Waals surface area contributed by atoms with Crippen LogP contribution in [0.5, 0.6) is 5.75 Å². The van der Waals surface area contributed by atoms with Crippen molar-refractivity contribution < 1.29 is 13.9 Å². The lowest BCUT2D eigenvalue weighted by Crippen LogP contribution is -2.49. The Morgan fingerprint density at radius 3 is 2.43 bits per heavy atom. The number of hydrogen-bond donors (Lipinski definition) is 0. The van der Waals surface area contributed by atoms with Gasteiger partial charge in [-0.3, -0.25) is 4.79 Å². The van der Waals surface area contributed by atoms with E-state index in [9.17, 15) is 9.18 Å². The van der Waals surface area contributed by atoms with Gasteiger partial charge in [0.2, 0.25) is 0 Å². The highest BCUT2D eigenvalue weighted by atomic mass is 19.1. The number of tetrazole rings is 1. The predicted octanol–water partition coefficient (Wildman–Crippen LogP) is 1.77. The van der Waals surface area contributed by atoms with Crippen molar-refractivity contribution in [2.75, 3.05) is 38.2 Å². The SMILES string of the molecule is COc1ccc(-n2nnc(C(=O)N3CCN(c4ccccc4F)CC3)n2)cc1. The number of piperazine rings is 1. The van der Waals surface area contributed by atoms with Gasteiger partial charge in [0, 0.05) is 26.2 Å². The first kappa shape index (κ1) is 17.9. The highest BCUT2D eigenvalue weighted by Crippen LogP contribution is 2.20. The Hall–Kier alpha value is -3.49. The standard InChI is InChI=1S/C19H19FN6O2/c1-28-15-8-6-14(7-9-15)26-22-18(21-23-26)19(27)25-12-10-24(11-13-25)17-5-3-2-4-16(17)20/h2-9H,10-13H2,1H3. The number of rotatable bonds is 4. The van der Waals surface area contributed by atoms with E-state index < -0.39 is 0 Å². The van der Waals surface area contributed by atoms with Crippen LogP contribution in [0.4, 0.5) is 10.1 Å². The van der Waals surface area contributed by atoms with E-state index in [0.717, 1.165) is 0 Å². The zero-order valence-electron chi connectivity index (χ0n) is 15.3. The van der Waals surface area contributed by atoms with E-state index in [4.69, 9.17) is 4.74 Å². The normalized spacial score (nSPS) is 14.2. The third kappa shape index (κ3) is 3.51. The van der Waals surface area contributed by atoms with E-state index in [2.05, 4.69) is 15.4 Å². The molecule has 1 saturated heterocycles. The number of nitrogens with zero attached hydrogens (tertiary/aromatic N) is 6. The van der Waals surface area contributed by atoms with Gasteiger partial charge < -0.3 is 14.5 Å². The maximum absolute atomic E-state index is 13.9. The zero-order valence-corrected chi connectivity index (χ0v) is 15.3. The molecule has 0 N–H and O–H groups in total. The van der Waals surface area contributed by atoms with Crippen molar-refractivity contribution in [1.82, 2.24) is 25.1 Å². The van der Waals surface area contributed by atoms with Crippen LogP contribution < -0.4 is 9.64 Å². The summed E-state index contributed by atoms with van der Waals surface area (Å²) in [6.07, 6.45) is 0. The largest absolute Gasteiger partial charge is 0.497 e. The van der Waals surface area contributed by atoms with Crippen molar-refractivity contribution in [2.24, 2.45) is 0 Å². The van der Waals surface area contributed by atoms with E-state index in [-0.39, 0.29) is 17.5 Å². The first-order valence-corrected chi connectivity index (χ1v) is 8.89. The Morgan fingerprint density at radius 2 is 1.75 bits per heavy atom. The van der Waals surface area contributed by atoms with E-state index in [1.54, 1.807) is 54.5 Å². The van der Waals surface area contributed by atoms with Crippen molar-refractivity contribution in [2.45, 2.75) is 0 Å². The first-order valence-electron chi connectivity index (χ1n) is 8.89. The van der Waals surface area contributed by atoms with Gasteiger partial charge in [-0.25, -0.2) is 4.39 Å². The topological polar surface area (TPSA) is 76.4 Å². The molecular formula is C19H19FN6O2. The highest BCUT2D eigenvalue weighted by molar-refractivity contribution is 5.90. The predicted molar refractivity (Wildman–Crippen MR) is 100 cm³/mol. The summed E-state index contributed by atoms with van der Waals surface area (Å²) in [6.45, 7) is 2.01. The zero-order chi connectivity index (χ0) is 19.5. The van der Waals surface area contributed by atoms with Gasteiger partial charge in [-0.1, -0.05) is 12.1 Å². The van der Waals surface area contributed by atoms with Crippen molar-refractivity contribution in [3.63, 3.8) is 0 Å². The molecule has 0 saturated carbocycles. The lowest BCUT2D eigenvalue weighted by Gasteiger charge is -2.35. The van der Waals surface area contributed by atoms with E-state index in [1.807, 2.05) is 4.90 Å². The molecule has 1 aliphatic heterocycles. The van der Waals surface area contributed by atoms with E-state index >= 15 is 0 Å². The number of para-hydroxylation sites is 1. The molecule has 0 spiro atoms. The Balaban J connectivity index is 1.42. The number of anilines is 1. The van der Waals surface area contributed by atoms with Crippen LogP contribution in [-0.2, 0) is 0 Å². The molecule has 28 heavy (non-hydrogen) atoms. The quantitative estimate of drug-likeness (QED) is 0.685. The summed E-state index contributed by atoms with van der Waals surface area (Å²) >= 11 is 0. The van der Waals surface area contributed by atoms with Crippen molar-refractivity contribution >= 4 is 11.6 Å². The van der Waals surface area contributed by atoms with Crippen LogP contribution in [0.3, 0.4) is 0 Å². The van der Waals surface area contributed by atoms with Gasteiger partial charge in [0.15, 0.2) is 0 Å². The Kier molecular flexibility index (Phi) is 4.88. The van der Waals surface area contributed by atoms with E-state index in [1.165, 1.54) is 10.9 Å². The average Bonchev–Trinajstić information content (AvgIpc) is 3.24. The smallest absolute Gasteiger partial charge is 0.295 e. The fourth-order valence-corrected chi connectivity index (χ4v) is 3.12. The molecule has 9 heteroatoms. The molecule has 3 aromatic rings. The molecular weight excluding hydrogens is 363 g/mol. The van der Waals surface area contributed by atoms with Gasteiger partial charge in [-0.05, 0) is 41.6 Å². The molecule has 1 amide bonds. The number of amides is 1. The summed E-state index contributed by atoms with van der Waals surface area (Å²) in [5.41, 5.74) is 1.23. The molecule has 2 aromatic carbocycles.